The smallest absolute Gasteiger partial charge is 0.332 e. The first kappa shape index (κ1) is 22.0. The van der Waals surface area contributed by atoms with Crippen LogP contribution in [0, 0.1) is 5.82 Å². The minimum absolute atomic E-state index is 0.221. The molecule has 1 aliphatic rings. The van der Waals surface area contributed by atoms with Gasteiger partial charge in [0.1, 0.15) is 11.6 Å². The Kier molecular flexibility index (Phi) is 7.70. The Hall–Kier alpha value is -2.26. The Morgan fingerprint density at radius 1 is 1.36 bits per heavy atom. The molecule has 1 aromatic carbocycles. The highest BCUT2D eigenvalue weighted by Crippen LogP contribution is 2.26. The van der Waals surface area contributed by atoms with Crippen molar-refractivity contribution in [1.29, 1.82) is 0 Å². The van der Waals surface area contributed by atoms with E-state index in [4.69, 9.17) is 9.78 Å². The number of carbonyl (C=O) groups excluding carboxylic acids is 1. The summed E-state index contributed by atoms with van der Waals surface area (Å²) in [7, 11) is 4.13. The van der Waals surface area contributed by atoms with Gasteiger partial charge in [-0.3, -0.25) is 4.79 Å². The van der Waals surface area contributed by atoms with Gasteiger partial charge >= 0.3 is 6.18 Å². The summed E-state index contributed by atoms with van der Waals surface area (Å²) in [5.41, 5.74) is 1.69. The monoisotopic (exact) mass is 400 g/mol. The third-order valence-corrected chi connectivity index (χ3v) is 4.22. The Morgan fingerprint density at radius 2 is 2.07 bits per heavy atom. The van der Waals surface area contributed by atoms with Gasteiger partial charge in [0.15, 0.2) is 0 Å². The zero-order valence-corrected chi connectivity index (χ0v) is 15.8. The average molecular weight is 400 g/mol. The van der Waals surface area contributed by atoms with Crippen LogP contribution >= 0.6 is 0 Å². The van der Waals surface area contributed by atoms with Crippen molar-refractivity contribution in [3.8, 4) is 11.3 Å². The molecule has 1 atom stereocenters. The van der Waals surface area contributed by atoms with E-state index in [1.165, 1.54) is 12.5 Å². The number of aromatic nitrogens is 2. The van der Waals surface area contributed by atoms with Crippen LogP contribution in [0.4, 0.5) is 17.6 Å². The van der Waals surface area contributed by atoms with E-state index >= 15 is 0 Å². The lowest BCUT2D eigenvalue weighted by molar-refractivity contribution is -0.156. The molecule has 3 rings (SSSR count). The molecule has 1 aromatic heterocycles. The second-order valence-corrected chi connectivity index (χ2v) is 6.80. The maximum Gasteiger partial charge on any atom is 0.446 e. The number of rotatable bonds is 5. The quantitative estimate of drug-likeness (QED) is 0.617. The van der Waals surface area contributed by atoms with Gasteiger partial charge in [0, 0.05) is 24.8 Å². The molecule has 1 saturated heterocycles. The number of likely N-dealkylation sites (N-methyl/N-ethyl adjacent to an activating group) is 1. The number of benzene rings is 1. The third-order valence-electron chi connectivity index (χ3n) is 4.22. The minimum atomic E-state index is -4.64. The topological polar surface area (TPSA) is 50.2 Å². The minimum Gasteiger partial charge on any atom is -0.332 e. The van der Waals surface area contributed by atoms with Gasteiger partial charge < -0.3 is 14.8 Å². The molecule has 5 nitrogen and oxygen atoms in total. The molecule has 0 bridgehead atoms. The highest BCUT2D eigenvalue weighted by Gasteiger charge is 2.25. The highest BCUT2D eigenvalue weighted by molar-refractivity contribution is 5.58. The summed E-state index contributed by atoms with van der Waals surface area (Å²) < 4.78 is 46.9. The Bertz CT molecular complexity index is 768. The first-order valence-electron chi connectivity index (χ1n) is 8.94. The molecule has 28 heavy (non-hydrogen) atoms. The molecule has 1 aliphatic heterocycles. The molecule has 0 radical (unpaired) electrons. The van der Waals surface area contributed by atoms with E-state index in [9.17, 15) is 17.6 Å². The van der Waals surface area contributed by atoms with Crippen LogP contribution in [-0.2, 0) is 11.3 Å². The molecule has 9 heteroatoms. The van der Waals surface area contributed by atoms with Crippen molar-refractivity contribution in [2.45, 2.75) is 31.6 Å². The first-order chi connectivity index (χ1) is 13.2. The number of nitrogens with zero attached hydrogens (tertiary/aromatic N) is 3. The normalized spacial score (nSPS) is 16.8. The number of aldehydes is 1. The van der Waals surface area contributed by atoms with E-state index in [1.807, 2.05) is 12.3 Å². The fourth-order valence-corrected chi connectivity index (χ4v) is 2.89. The molecule has 0 saturated carbocycles. The lowest BCUT2D eigenvalue weighted by atomic mass is 10.2. The van der Waals surface area contributed by atoms with Crippen molar-refractivity contribution in [2.24, 2.45) is 0 Å². The van der Waals surface area contributed by atoms with Crippen LogP contribution in [0.25, 0.3) is 11.3 Å². The van der Waals surface area contributed by atoms with Crippen LogP contribution in [0.15, 0.2) is 30.5 Å². The number of nitrogens with one attached hydrogen (secondary N) is 1. The molecule has 154 valence electrons. The number of halogens is 4. The summed E-state index contributed by atoms with van der Waals surface area (Å²) in [6.07, 6.45) is -1.36. The number of hydrogen-bond donors (Lipinski definition) is 1. The van der Waals surface area contributed by atoms with Crippen molar-refractivity contribution in [3.63, 3.8) is 0 Å². The predicted molar refractivity (Wildman–Crippen MR) is 98.3 cm³/mol. The maximum absolute atomic E-state index is 13.5. The standard InChI is InChI=1S/C17H23FN4.C2HF3O/c1-21(2)9-10-22-12-16(13-5-3-6-14(18)11-13)20-17(22)15-7-4-8-19-15;3-2(4,5)1-6/h3,5-6,11-12,15,19H,4,7-10H2,1-2H3;1H/t15-;/m0./s1. The molecule has 0 unspecified atom stereocenters. The summed E-state index contributed by atoms with van der Waals surface area (Å²) in [6.45, 7) is 2.89. The molecule has 0 amide bonds. The van der Waals surface area contributed by atoms with E-state index in [-0.39, 0.29) is 5.82 Å². The number of alkyl halides is 3. The fourth-order valence-electron chi connectivity index (χ4n) is 2.89. The van der Waals surface area contributed by atoms with E-state index in [2.05, 4.69) is 28.9 Å². The Morgan fingerprint density at radius 3 is 2.61 bits per heavy atom. The molecule has 0 aliphatic carbocycles. The van der Waals surface area contributed by atoms with Gasteiger partial charge in [-0.15, -0.1) is 0 Å². The lowest BCUT2D eigenvalue weighted by Crippen LogP contribution is -2.22. The van der Waals surface area contributed by atoms with Crippen molar-refractivity contribution in [1.82, 2.24) is 19.8 Å². The molecule has 1 N–H and O–H groups in total. The zero-order valence-electron chi connectivity index (χ0n) is 15.8. The highest BCUT2D eigenvalue weighted by atomic mass is 19.4. The maximum atomic E-state index is 13.5. The second kappa shape index (κ2) is 9.79. The van der Waals surface area contributed by atoms with Crippen molar-refractivity contribution < 1.29 is 22.4 Å². The Labute approximate surface area is 161 Å². The van der Waals surface area contributed by atoms with E-state index in [0.717, 1.165) is 43.1 Å². The van der Waals surface area contributed by atoms with Crippen molar-refractivity contribution in [3.05, 3.63) is 42.1 Å². The number of carbonyl (C=O) groups is 1. The lowest BCUT2D eigenvalue weighted by Gasteiger charge is -2.15. The van der Waals surface area contributed by atoms with Gasteiger partial charge in [-0.2, -0.15) is 13.2 Å². The fraction of sp³-hybridized carbons (Fsp3) is 0.474. The number of hydrogen-bond acceptors (Lipinski definition) is 4. The van der Waals surface area contributed by atoms with Gasteiger partial charge in [0.05, 0.1) is 11.7 Å². The van der Waals surface area contributed by atoms with Crippen LogP contribution in [0.2, 0.25) is 0 Å². The molecule has 0 spiro atoms. The van der Waals surface area contributed by atoms with Crippen LogP contribution in [-0.4, -0.2) is 54.1 Å². The van der Waals surface area contributed by atoms with Gasteiger partial charge in [-0.25, -0.2) is 9.37 Å². The average Bonchev–Trinajstić information content (AvgIpc) is 3.29. The summed E-state index contributed by atoms with van der Waals surface area (Å²) in [6, 6.07) is 6.96. The largest absolute Gasteiger partial charge is 0.446 e. The first-order valence-corrected chi connectivity index (χ1v) is 8.94. The SMILES string of the molecule is CN(C)CCn1cc(-c2cccc(F)c2)nc1[C@@H]1CCCN1.O=CC(F)(F)F. The van der Waals surface area contributed by atoms with Gasteiger partial charge in [0.25, 0.3) is 0 Å². The molecule has 1 fully saturated rings. The van der Waals surface area contributed by atoms with Gasteiger partial charge in [-0.1, -0.05) is 12.1 Å². The van der Waals surface area contributed by atoms with Crippen LogP contribution in [0.1, 0.15) is 24.7 Å². The third kappa shape index (κ3) is 6.72. The summed E-state index contributed by atoms with van der Waals surface area (Å²) in [5, 5.41) is 3.51. The van der Waals surface area contributed by atoms with Crippen LogP contribution in [0.3, 0.4) is 0 Å². The summed E-state index contributed by atoms with van der Waals surface area (Å²) in [5.74, 6) is 0.847. The summed E-state index contributed by atoms with van der Waals surface area (Å²) >= 11 is 0. The van der Waals surface area contributed by atoms with Crippen LogP contribution < -0.4 is 5.32 Å². The van der Waals surface area contributed by atoms with E-state index in [0.29, 0.717) is 6.04 Å². The van der Waals surface area contributed by atoms with Gasteiger partial charge in [0.2, 0.25) is 6.29 Å². The molecular formula is C19H24F4N4O. The van der Waals surface area contributed by atoms with Crippen molar-refractivity contribution in [2.75, 3.05) is 27.2 Å². The van der Waals surface area contributed by atoms with Crippen molar-refractivity contribution >= 4 is 6.29 Å². The zero-order chi connectivity index (χ0) is 20.7. The Balaban J connectivity index is 0.000000409. The molecule has 2 aromatic rings. The van der Waals surface area contributed by atoms with E-state index < -0.39 is 12.5 Å². The predicted octanol–water partition coefficient (Wildman–Crippen LogP) is 3.42. The molecular weight excluding hydrogens is 376 g/mol. The molecule has 2 heterocycles. The van der Waals surface area contributed by atoms with Crippen LogP contribution in [0.5, 0.6) is 0 Å². The van der Waals surface area contributed by atoms with Gasteiger partial charge in [-0.05, 0) is 45.6 Å². The van der Waals surface area contributed by atoms with E-state index in [1.54, 1.807) is 12.1 Å². The second-order valence-electron chi connectivity index (χ2n) is 6.80. The summed E-state index contributed by atoms with van der Waals surface area (Å²) in [4.78, 5) is 15.7. The number of imidazole rings is 1.